The molecular weight excluding hydrogens is 307 g/mol. The highest BCUT2D eigenvalue weighted by molar-refractivity contribution is 5.65. The number of rotatable bonds is 3. The van der Waals surface area contributed by atoms with Crippen molar-refractivity contribution in [3.63, 3.8) is 0 Å². The maximum Gasteiger partial charge on any atom is 0.171 e. The monoisotopic (exact) mass is 322 g/mol. The molecule has 1 N–H and O–H groups in total. The summed E-state index contributed by atoms with van der Waals surface area (Å²) in [5.41, 5.74) is 3.59. The normalized spacial score (nSPS) is 10.5. The highest BCUT2D eigenvalue weighted by Gasteiger charge is 2.15. The van der Waals surface area contributed by atoms with Crippen molar-refractivity contribution in [1.29, 1.82) is 5.26 Å². The van der Waals surface area contributed by atoms with E-state index in [-0.39, 0.29) is 5.82 Å². The topological polar surface area (TPSA) is 79.4 Å². The van der Waals surface area contributed by atoms with Crippen LogP contribution < -0.4 is 5.32 Å². The first-order chi connectivity index (χ1) is 11.5. The van der Waals surface area contributed by atoms with Crippen molar-refractivity contribution >= 4 is 11.5 Å². The summed E-state index contributed by atoms with van der Waals surface area (Å²) in [6, 6.07) is 8.54. The predicted molar refractivity (Wildman–Crippen MR) is 87.8 cm³/mol. The lowest BCUT2D eigenvalue weighted by Gasteiger charge is -2.10. The van der Waals surface area contributed by atoms with Gasteiger partial charge in [-0.2, -0.15) is 15.5 Å². The molecule has 0 radical (unpaired) electrons. The van der Waals surface area contributed by atoms with E-state index in [1.807, 2.05) is 13.8 Å². The molecule has 3 rings (SSSR count). The third kappa shape index (κ3) is 2.58. The van der Waals surface area contributed by atoms with Crippen LogP contribution in [0.25, 0.3) is 5.69 Å². The van der Waals surface area contributed by atoms with Crippen LogP contribution in [0, 0.1) is 37.9 Å². The van der Waals surface area contributed by atoms with Gasteiger partial charge in [-0.25, -0.2) is 9.07 Å². The molecule has 0 fully saturated rings. The molecule has 0 aliphatic carbocycles. The lowest BCUT2D eigenvalue weighted by molar-refractivity contribution is 0.608. The van der Waals surface area contributed by atoms with Crippen molar-refractivity contribution in [1.82, 2.24) is 20.0 Å². The van der Waals surface area contributed by atoms with Gasteiger partial charge in [0.1, 0.15) is 23.1 Å². The van der Waals surface area contributed by atoms with Crippen LogP contribution in [-0.4, -0.2) is 20.0 Å². The predicted octanol–water partition coefficient (Wildman–Crippen LogP) is 3.34. The first-order valence-electron chi connectivity index (χ1n) is 7.33. The molecule has 0 bridgehead atoms. The average Bonchev–Trinajstić information content (AvgIpc) is 2.93. The number of nitrogens with zero attached hydrogens (tertiary/aromatic N) is 5. The fraction of sp³-hybridized carbons (Fsp3) is 0.176. The maximum absolute atomic E-state index is 14.0. The number of hydrogen-bond acceptors (Lipinski definition) is 5. The van der Waals surface area contributed by atoms with E-state index in [2.05, 4.69) is 26.7 Å². The molecule has 7 heteroatoms. The second kappa shape index (κ2) is 6.08. The van der Waals surface area contributed by atoms with Crippen LogP contribution in [0.2, 0.25) is 0 Å². The Hall–Kier alpha value is -3.27. The Kier molecular flexibility index (Phi) is 3.96. The van der Waals surface area contributed by atoms with E-state index < -0.39 is 0 Å². The molecule has 0 spiro atoms. The zero-order valence-corrected chi connectivity index (χ0v) is 13.5. The first kappa shape index (κ1) is 15.6. The molecule has 0 atom stereocenters. The number of benzene rings is 1. The van der Waals surface area contributed by atoms with Crippen LogP contribution in [0.1, 0.15) is 22.5 Å². The number of anilines is 2. The SMILES string of the molecule is Cc1nnc(Nc2cnn(-c3ccccc3F)c2C)c(C#N)c1C. The Morgan fingerprint density at radius 3 is 2.62 bits per heavy atom. The van der Waals surface area contributed by atoms with Gasteiger partial charge in [0.15, 0.2) is 5.82 Å². The highest BCUT2D eigenvalue weighted by atomic mass is 19.1. The van der Waals surface area contributed by atoms with Gasteiger partial charge in [-0.15, -0.1) is 5.10 Å². The largest absolute Gasteiger partial charge is 0.335 e. The molecular formula is C17H15FN6. The van der Waals surface area contributed by atoms with Crippen molar-refractivity contribution in [2.24, 2.45) is 0 Å². The first-order valence-corrected chi connectivity index (χ1v) is 7.33. The minimum atomic E-state index is -0.362. The fourth-order valence-electron chi connectivity index (χ4n) is 2.36. The molecule has 0 amide bonds. The molecule has 0 unspecified atom stereocenters. The minimum absolute atomic E-state index is 0.356. The molecule has 2 heterocycles. The van der Waals surface area contributed by atoms with Gasteiger partial charge in [0.25, 0.3) is 0 Å². The van der Waals surface area contributed by atoms with Gasteiger partial charge in [-0.1, -0.05) is 12.1 Å². The summed E-state index contributed by atoms with van der Waals surface area (Å²) in [5, 5.41) is 24.7. The summed E-state index contributed by atoms with van der Waals surface area (Å²) in [5.74, 6) is -0.00396. The lowest BCUT2D eigenvalue weighted by Crippen LogP contribution is -2.05. The molecule has 0 saturated heterocycles. The summed E-state index contributed by atoms with van der Waals surface area (Å²) < 4.78 is 15.5. The number of aromatic nitrogens is 4. The molecule has 0 saturated carbocycles. The number of para-hydroxylation sites is 1. The number of hydrogen-bond donors (Lipinski definition) is 1. The van der Waals surface area contributed by atoms with Crippen molar-refractivity contribution in [2.45, 2.75) is 20.8 Å². The molecule has 2 aromatic heterocycles. The van der Waals surface area contributed by atoms with Gasteiger partial charge in [0.05, 0.1) is 23.3 Å². The van der Waals surface area contributed by atoms with E-state index >= 15 is 0 Å². The van der Waals surface area contributed by atoms with E-state index in [0.717, 1.165) is 5.56 Å². The third-order valence-electron chi connectivity index (χ3n) is 3.91. The highest BCUT2D eigenvalue weighted by Crippen LogP contribution is 2.25. The van der Waals surface area contributed by atoms with Crippen LogP contribution in [0.5, 0.6) is 0 Å². The lowest BCUT2D eigenvalue weighted by atomic mass is 10.1. The van der Waals surface area contributed by atoms with Gasteiger partial charge in [-0.05, 0) is 38.5 Å². The zero-order chi connectivity index (χ0) is 17.3. The van der Waals surface area contributed by atoms with Crippen molar-refractivity contribution in [2.75, 3.05) is 5.32 Å². The Morgan fingerprint density at radius 2 is 1.92 bits per heavy atom. The minimum Gasteiger partial charge on any atom is -0.335 e. The van der Waals surface area contributed by atoms with Crippen LogP contribution in [0.15, 0.2) is 30.5 Å². The van der Waals surface area contributed by atoms with E-state index in [4.69, 9.17) is 0 Å². The van der Waals surface area contributed by atoms with Gasteiger partial charge in [0, 0.05) is 0 Å². The summed E-state index contributed by atoms with van der Waals surface area (Å²) in [4.78, 5) is 0. The quantitative estimate of drug-likeness (QED) is 0.800. The summed E-state index contributed by atoms with van der Waals surface area (Å²) in [6.45, 7) is 5.43. The van der Waals surface area contributed by atoms with E-state index in [0.29, 0.717) is 34.1 Å². The molecule has 24 heavy (non-hydrogen) atoms. The number of nitriles is 1. The second-order valence-electron chi connectivity index (χ2n) is 5.38. The second-order valence-corrected chi connectivity index (χ2v) is 5.38. The molecule has 3 aromatic rings. The third-order valence-corrected chi connectivity index (χ3v) is 3.91. The van der Waals surface area contributed by atoms with E-state index in [1.54, 1.807) is 31.3 Å². The standard InChI is InChI=1S/C17H15FN6/c1-10-11(2)22-23-17(13(10)8-19)21-15-9-20-24(12(15)3)16-7-5-4-6-14(16)18/h4-7,9H,1-3H3,(H,21,23). The van der Waals surface area contributed by atoms with Gasteiger partial charge in [-0.3, -0.25) is 0 Å². The molecule has 0 aliphatic rings. The number of aryl methyl sites for hydroxylation is 1. The Labute approximate surface area is 138 Å². The van der Waals surface area contributed by atoms with Gasteiger partial charge in [0.2, 0.25) is 0 Å². The summed E-state index contributed by atoms with van der Waals surface area (Å²) in [7, 11) is 0. The van der Waals surface area contributed by atoms with E-state index in [9.17, 15) is 9.65 Å². The Balaban J connectivity index is 2.01. The van der Waals surface area contributed by atoms with Gasteiger partial charge >= 0.3 is 0 Å². The summed E-state index contributed by atoms with van der Waals surface area (Å²) >= 11 is 0. The van der Waals surface area contributed by atoms with Crippen molar-refractivity contribution in [3.8, 4) is 11.8 Å². The number of halogens is 1. The van der Waals surface area contributed by atoms with Crippen molar-refractivity contribution < 1.29 is 4.39 Å². The molecule has 1 aromatic carbocycles. The zero-order valence-electron chi connectivity index (χ0n) is 13.5. The smallest absolute Gasteiger partial charge is 0.171 e. The molecule has 120 valence electrons. The Bertz CT molecular complexity index is 954. The van der Waals surface area contributed by atoms with Crippen LogP contribution >= 0.6 is 0 Å². The fourth-order valence-corrected chi connectivity index (χ4v) is 2.36. The maximum atomic E-state index is 14.0. The Morgan fingerprint density at radius 1 is 1.17 bits per heavy atom. The summed E-state index contributed by atoms with van der Waals surface area (Å²) in [6.07, 6.45) is 1.57. The van der Waals surface area contributed by atoms with Crippen molar-refractivity contribution in [3.05, 3.63) is 58.8 Å². The molecule has 6 nitrogen and oxygen atoms in total. The molecule has 0 aliphatic heterocycles. The number of nitrogens with one attached hydrogen (secondary N) is 1. The van der Waals surface area contributed by atoms with Gasteiger partial charge < -0.3 is 5.32 Å². The average molecular weight is 322 g/mol. The van der Waals surface area contributed by atoms with E-state index in [1.165, 1.54) is 10.7 Å². The van der Waals surface area contributed by atoms with Crippen LogP contribution in [-0.2, 0) is 0 Å². The van der Waals surface area contributed by atoms with Crippen LogP contribution in [0.3, 0.4) is 0 Å². The van der Waals surface area contributed by atoms with Crippen LogP contribution in [0.4, 0.5) is 15.9 Å².